The number of rotatable bonds is 5. The molecule has 0 bridgehead atoms. The molecule has 0 aliphatic carbocycles. The molecule has 1 aromatic carbocycles. The number of benzene rings is 1. The molecule has 96 valence electrons. The van der Waals surface area contributed by atoms with E-state index in [2.05, 4.69) is 43.4 Å². The fourth-order valence-corrected chi connectivity index (χ4v) is 3.21. The van der Waals surface area contributed by atoms with Gasteiger partial charge in [-0.1, -0.05) is 24.3 Å². The van der Waals surface area contributed by atoms with Gasteiger partial charge in [0.15, 0.2) is 0 Å². The Hall–Kier alpha value is -1.19. The molecule has 1 aromatic heterocycles. The van der Waals surface area contributed by atoms with Crippen LogP contribution in [0.15, 0.2) is 24.3 Å². The number of aryl methyl sites for hydroxylation is 3. The van der Waals surface area contributed by atoms with Gasteiger partial charge in [0.2, 0.25) is 0 Å². The molecular weight excluding hydrogens is 240 g/mol. The monoisotopic (exact) mass is 260 g/mol. The van der Waals surface area contributed by atoms with E-state index in [4.69, 9.17) is 4.98 Å². The highest BCUT2D eigenvalue weighted by Crippen LogP contribution is 2.30. The predicted molar refractivity (Wildman–Crippen MR) is 79.3 cm³/mol. The number of hydrogen-bond donors (Lipinski definition) is 1. The van der Waals surface area contributed by atoms with Gasteiger partial charge in [0.1, 0.15) is 5.01 Å². The highest BCUT2D eigenvalue weighted by molar-refractivity contribution is 7.15. The van der Waals surface area contributed by atoms with Crippen LogP contribution >= 0.6 is 11.3 Å². The number of thiazole rings is 1. The molecule has 18 heavy (non-hydrogen) atoms. The normalized spacial score (nSPS) is 10.8. The Balaban J connectivity index is 2.21. The van der Waals surface area contributed by atoms with Crippen molar-refractivity contribution in [3.63, 3.8) is 0 Å². The molecule has 0 saturated carbocycles. The van der Waals surface area contributed by atoms with Crippen LogP contribution in [0.25, 0.3) is 10.6 Å². The molecule has 1 N–H and O–H groups in total. The number of hydrogen-bond acceptors (Lipinski definition) is 3. The molecular formula is C15H20N2S. The van der Waals surface area contributed by atoms with Gasteiger partial charge in [-0.2, -0.15) is 0 Å². The van der Waals surface area contributed by atoms with Crippen molar-refractivity contribution in [1.29, 1.82) is 0 Å². The van der Waals surface area contributed by atoms with Crippen molar-refractivity contribution in [3.8, 4) is 10.6 Å². The van der Waals surface area contributed by atoms with Gasteiger partial charge in [-0.3, -0.25) is 0 Å². The minimum atomic E-state index is 1.07. The Morgan fingerprint density at radius 1 is 1.22 bits per heavy atom. The zero-order chi connectivity index (χ0) is 13.0. The van der Waals surface area contributed by atoms with Crippen LogP contribution in [-0.2, 0) is 6.42 Å². The average Bonchev–Trinajstić information content (AvgIpc) is 2.72. The van der Waals surface area contributed by atoms with E-state index in [1.807, 2.05) is 18.4 Å². The van der Waals surface area contributed by atoms with Crippen molar-refractivity contribution in [3.05, 3.63) is 40.4 Å². The first-order valence-electron chi connectivity index (χ1n) is 6.39. The maximum absolute atomic E-state index is 4.72. The van der Waals surface area contributed by atoms with Crippen LogP contribution in [-0.4, -0.2) is 18.6 Å². The van der Waals surface area contributed by atoms with Crippen LogP contribution in [0.4, 0.5) is 0 Å². The van der Waals surface area contributed by atoms with Crippen LogP contribution in [0, 0.1) is 13.8 Å². The fourth-order valence-electron chi connectivity index (χ4n) is 2.01. The third-order valence-electron chi connectivity index (χ3n) is 3.10. The lowest BCUT2D eigenvalue weighted by Crippen LogP contribution is -2.08. The van der Waals surface area contributed by atoms with E-state index < -0.39 is 0 Å². The van der Waals surface area contributed by atoms with Gasteiger partial charge in [0.05, 0.1) is 5.69 Å². The molecule has 0 aliphatic heterocycles. The second-order valence-corrected chi connectivity index (χ2v) is 5.63. The standard InChI is InChI=1S/C15H20N2S/c1-11-7-4-5-8-13(11)15-17-12(2)14(18-15)9-6-10-16-3/h4-5,7-8,16H,6,9-10H2,1-3H3. The van der Waals surface area contributed by atoms with E-state index >= 15 is 0 Å². The zero-order valence-electron chi connectivity index (χ0n) is 11.3. The van der Waals surface area contributed by atoms with Crippen LogP contribution in [0.5, 0.6) is 0 Å². The highest BCUT2D eigenvalue weighted by atomic mass is 32.1. The molecule has 0 fully saturated rings. The molecule has 0 amide bonds. The second kappa shape index (κ2) is 6.12. The van der Waals surface area contributed by atoms with E-state index in [-0.39, 0.29) is 0 Å². The Kier molecular flexibility index (Phi) is 4.50. The van der Waals surface area contributed by atoms with Crippen molar-refractivity contribution < 1.29 is 0 Å². The van der Waals surface area contributed by atoms with Crippen molar-refractivity contribution >= 4 is 11.3 Å². The molecule has 2 nitrogen and oxygen atoms in total. The number of aromatic nitrogens is 1. The van der Waals surface area contributed by atoms with Crippen LogP contribution in [0.1, 0.15) is 22.6 Å². The summed E-state index contributed by atoms with van der Waals surface area (Å²) in [6, 6.07) is 8.46. The quantitative estimate of drug-likeness (QED) is 0.831. The largest absolute Gasteiger partial charge is 0.320 e. The lowest BCUT2D eigenvalue weighted by atomic mass is 10.1. The lowest BCUT2D eigenvalue weighted by molar-refractivity contribution is 0.727. The Bertz CT molecular complexity index is 517. The molecule has 0 saturated heterocycles. The third kappa shape index (κ3) is 2.98. The molecule has 2 aromatic rings. The summed E-state index contributed by atoms with van der Waals surface area (Å²) in [6.45, 7) is 5.33. The van der Waals surface area contributed by atoms with E-state index in [9.17, 15) is 0 Å². The molecule has 3 heteroatoms. The van der Waals surface area contributed by atoms with E-state index in [1.54, 1.807) is 0 Å². The van der Waals surface area contributed by atoms with Crippen LogP contribution in [0.2, 0.25) is 0 Å². The third-order valence-corrected chi connectivity index (χ3v) is 4.35. The summed E-state index contributed by atoms with van der Waals surface area (Å²) in [4.78, 5) is 6.14. The van der Waals surface area contributed by atoms with Crippen molar-refractivity contribution in [1.82, 2.24) is 10.3 Å². The van der Waals surface area contributed by atoms with Gasteiger partial charge < -0.3 is 5.32 Å². The first-order chi connectivity index (χ1) is 8.72. The van der Waals surface area contributed by atoms with Gasteiger partial charge in [-0.25, -0.2) is 4.98 Å². The van der Waals surface area contributed by atoms with Gasteiger partial charge in [-0.05, 0) is 45.8 Å². The van der Waals surface area contributed by atoms with Gasteiger partial charge in [0.25, 0.3) is 0 Å². The second-order valence-electron chi connectivity index (χ2n) is 4.55. The van der Waals surface area contributed by atoms with E-state index in [0.717, 1.165) is 18.0 Å². The molecule has 0 aliphatic rings. The summed E-state index contributed by atoms with van der Waals surface area (Å²) in [5.41, 5.74) is 3.76. The number of nitrogens with zero attached hydrogens (tertiary/aromatic N) is 1. The first kappa shape index (κ1) is 13.2. The molecule has 1 heterocycles. The van der Waals surface area contributed by atoms with Crippen molar-refractivity contribution in [2.75, 3.05) is 13.6 Å². The summed E-state index contributed by atoms with van der Waals surface area (Å²) in [7, 11) is 2.00. The average molecular weight is 260 g/mol. The minimum Gasteiger partial charge on any atom is -0.320 e. The Labute approximate surface area is 113 Å². The maximum atomic E-state index is 4.72. The van der Waals surface area contributed by atoms with Gasteiger partial charge in [0, 0.05) is 10.4 Å². The Morgan fingerprint density at radius 3 is 2.72 bits per heavy atom. The molecule has 0 unspecified atom stereocenters. The number of nitrogens with one attached hydrogen (secondary N) is 1. The molecule has 0 atom stereocenters. The van der Waals surface area contributed by atoms with E-state index in [1.165, 1.54) is 28.1 Å². The SMILES string of the molecule is CNCCCc1sc(-c2ccccc2C)nc1C. The highest BCUT2D eigenvalue weighted by Gasteiger charge is 2.10. The van der Waals surface area contributed by atoms with Crippen LogP contribution in [0.3, 0.4) is 0 Å². The first-order valence-corrected chi connectivity index (χ1v) is 7.21. The predicted octanol–water partition coefficient (Wildman–Crippen LogP) is 3.58. The van der Waals surface area contributed by atoms with Gasteiger partial charge in [-0.15, -0.1) is 11.3 Å². The smallest absolute Gasteiger partial charge is 0.124 e. The van der Waals surface area contributed by atoms with Gasteiger partial charge >= 0.3 is 0 Å². The van der Waals surface area contributed by atoms with Crippen molar-refractivity contribution in [2.45, 2.75) is 26.7 Å². The zero-order valence-corrected chi connectivity index (χ0v) is 12.1. The summed E-state index contributed by atoms with van der Waals surface area (Å²) < 4.78 is 0. The Morgan fingerprint density at radius 2 is 2.00 bits per heavy atom. The molecule has 0 radical (unpaired) electrons. The lowest BCUT2D eigenvalue weighted by Gasteiger charge is -2.00. The molecule has 2 rings (SSSR count). The van der Waals surface area contributed by atoms with E-state index in [0.29, 0.717) is 0 Å². The fraction of sp³-hybridized carbons (Fsp3) is 0.400. The minimum absolute atomic E-state index is 1.07. The summed E-state index contributed by atoms with van der Waals surface area (Å²) in [5, 5.41) is 4.35. The van der Waals surface area contributed by atoms with Crippen molar-refractivity contribution in [2.24, 2.45) is 0 Å². The maximum Gasteiger partial charge on any atom is 0.124 e. The summed E-state index contributed by atoms with van der Waals surface area (Å²) in [5.74, 6) is 0. The summed E-state index contributed by atoms with van der Waals surface area (Å²) in [6.07, 6.45) is 2.29. The van der Waals surface area contributed by atoms with Crippen LogP contribution < -0.4 is 5.32 Å². The summed E-state index contributed by atoms with van der Waals surface area (Å²) >= 11 is 1.84. The molecule has 0 spiro atoms. The topological polar surface area (TPSA) is 24.9 Å².